The van der Waals surface area contributed by atoms with Gasteiger partial charge in [-0.2, -0.15) is 13.2 Å². The number of hydrogen-bond acceptors (Lipinski definition) is 5. The summed E-state index contributed by atoms with van der Waals surface area (Å²) in [5.74, 6) is -2.93. The fourth-order valence-corrected chi connectivity index (χ4v) is 3.59. The van der Waals surface area contributed by atoms with E-state index in [9.17, 15) is 32.6 Å². The largest absolute Gasteiger partial charge is 0.547 e. The molecule has 0 aliphatic rings. The summed E-state index contributed by atoms with van der Waals surface area (Å²) >= 11 is 5.93. The van der Waals surface area contributed by atoms with Gasteiger partial charge in [0.05, 0.1) is 27.8 Å². The molecule has 1 heterocycles. The number of carbonyl (C=O) groups is 1. The second kappa shape index (κ2) is 9.86. The van der Waals surface area contributed by atoms with Gasteiger partial charge in [-0.1, -0.05) is 41.9 Å². The Morgan fingerprint density at radius 2 is 1.76 bits per heavy atom. The van der Waals surface area contributed by atoms with E-state index in [1.54, 1.807) is 30.3 Å². The lowest BCUT2D eigenvalue weighted by Gasteiger charge is -2.37. The summed E-state index contributed by atoms with van der Waals surface area (Å²) in [5.41, 5.74) is -2.29. The van der Waals surface area contributed by atoms with Gasteiger partial charge in [0.25, 0.3) is 0 Å². The highest BCUT2D eigenvalue weighted by molar-refractivity contribution is 6.30. The Kier molecular flexibility index (Phi) is 7.36. The summed E-state index contributed by atoms with van der Waals surface area (Å²) < 4.78 is 54.9. The molecule has 0 amide bonds. The molecule has 0 radical (unpaired) electrons. The second-order valence-corrected chi connectivity index (χ2v) is 7.81. The number of halogens is 5. The molecule has 2 aromatic carbocycles. The quantitative estimate of drug-likeness (QED) is 0.483. The lowest BCUT2D eigenvalue weighted by Crippen LogP contribution is -2.52. The second-order valence-electron chi connectivity index (χ2n) is 7.37. The molecular weight excluding hydrogens is 464 g/mol. The zero-order valence-electron chi connectivity index (χ0n) is 16.9. The molecule has 3 aromatic rings. The number of benzene rings is 2. The lowest BCUT2D eigenvalue weighted by atomic mass is 9.79. The fourth-order valence-electron chi connectivity index (χ4n) is 3.48. The highest BCUT2D eigenvalue weighted by Crippen LogP contribution is 2.37. The molecule has 0 saturated carbocycles. The van der Waals surface area contributed by atoms with Gasteiger partial charge < -0.3 is 15.0 Å². The summed E-state index contributed by atoms with van der Waals surface area (Å²) in [7, 11) is 0. The Bertz CT molecular complexity index is 1110. The number of rotatable bonds is 8. The first-order chi connectivity index (χ1) is 15.5. The molecule has 1 unspecified atom stereocenters. The van der Waals surface area contributed by atoms with Crippen molar-refractivity contribution in [2.24, 2.45) is 0 Å². The Morgan fingerprint density at radius 1 is 1.09 bits per heavy atom. The van der Waals surface area contributed by atoms with Crippen LogP contribution >= 0.6 is 11.6 Å². The van der Waals surface area contributed by atoms with E-state index >= 15 is 0 Å². The number of aromatic nitrogens is 1. The van der Waals surface area contributed by atoms with Crippen LogP contribution in [0.4, 0.5) is 17.6 Å². The SMILES string of the molecule is O=C([O-])C(O)CN[C@@](Cc1ccccc1)(c1cc(F)cc(C(F)(F)F)c1)c1ccc(Cl)cn1. The number of hydrogen-bond donors (Lipinski definition) is 2. The zero-order valence-corrected chi connectivity index (χ0v) is 17.7. The first kappa shape index (κ1) is 24.6. The van der Waals surface area contributed by atoms with Gasteiger partial charge in [-0.25, -0.2) is 4.39 Å². The van der Waals surface area contributed by atoms with Crippen molar-refractivity contribution in [3.63, 3.8) is 0 Å². The number of aliphatic hydroxyl groups excluding tert-OH is 1. The van der Waals surface area contributed by atoms with Crippen molar-refractivity contribution >= 4 is 17.6 Å². The van der Waals surface area contributed by atoms with E-state index in [0.717, 1.165) is 12.1 Å². The Labute approximate surface area is 191 Å². The molecule has 2 atom stereocenters. The number of pyridine rings is 1. The zero-order chi connectivity index (χ0) is 24.2. The molecule has 3 rings (SSSR count). The van der Waals surface area contributed by atoms with Crippen molar-refractivity contribution in [3.8, 4) is 0 Å². The van der Waals surface area contributed by atoms with Crippen LogP contribution in [0.15, 0.2) is 66.9 Å². The highest BCUT2D eigenvalue weighted by atomic mass is 35.5. The molecule has 0 aliphatic heterocycles. The minimum Gasteiger partial charge on any atom is -0.547 e. The van der Waals surface area contributed by atoms with Crippen LogP contribution in [0.1, 0.15) is 22.4 Å². The summed E-state index contributed by atoms with van der Waals surface area (Å²) in [6.45, 7) is -0.614. The van der Waals surface area contributed by atoms with Crippen LogP contribution in [0.25, 0.3) is 0 Å². The van der Waals surface area contributed by atoms with Crippen LogP contribution in [0, 0.1) is 5.82 Å². The van der Waals surface area contributed by atoms with E-state index in [4.69, 9.17) is 11.6 Å². The molecule has 33 heavy (non-hydrogen) atoms. The third kappa shape index (κ3) is 5.87. The van der Waals surface area contributed by atoms with Gasteiger partial charge in [0, 0.05) is 19.2 Å². The summed E-state index contributed by atoms with van der Waals surface area (Å²) in [6, 6.07) is 13.5. The van der Waals surface area contributed by atoms with Crippen LogP contribution in [-0.2, 0) is 22.9 Å². The predicted octanol–water partition coefficient (Wildman–Crippen LogP) is 3.08. The van der Waals surface area contributed by atoms with Gasteiger partial charge in [0.1, 0.15) is 11.9 Å². The standard InChI is InChI=1S/C23H19ClF4N2O3/c24-17-6-7-20(29-12-17)22(30-13-19(31)21(32)33,11-14-4-2-1-3-5-14)15-8-16(23(26,27)28)10-18(25)9-15/h1-10,12,19,30-31H,11,13H2,(H,32,33)/p-1/t19?,22-/m0/s1. The monoisotopic (exact) mass is 481 g/mol. The number of carboxylic acid groups (broad SMARTS) is 1. The molecule has 2 N–H and O–H groups in total. The maximum Gasteiger partial charge on any atom is 0.416 e. The number of carbonyl (C=O) groups excluding carboxylic acids is 1. The van der Waals surface area contributed by atoms with Gasteiger partial charge >= 0.3 is 6.18 Å². The van der Waals surface area contributed by atoms with Crippen molar-refractivity contribution in [2.45, 2.75) is 24.2 Å². The molecule has 0 bridgehead atoms. The van der Waals surface area contributed by atoms with Gasteiger partial charge in [-0.3, -0.25) is 10.3 Å². The van der Waals surface area contributed by atoms with E-state index in [1.807, 2.05) is 0 Å². The molecule has 0 aliphatic carbocycles. The summed E-state index contributed by atoms with van der Waals surface area (Å²) in [5, 5.41) is 24.0. The number of carboxylic acids is 1. The summed E-state index contributed by atoms with van der Waals surface area (Å²) in [4.78, 5) is 15.3. The topological polar surface area (TPSA) is 85.3 Å². The predicted molar refractivity (Wildman–Crippen MR) is 111 cm³/mol. The minimum absolute atomic E-state index is 0.0526. The molecule has 5 nitrogen and oxygen atoms in total. The summed E-state index contributed by atoms with van der Waals surface area (Å²) in [6.07, 6.45) is -5.61. The molecular formula is C23H18ClF4N2O3-. The van der Waals surface area contributed by atoms with E-state index in [1.165, 1.54) is 18.3 Å². The number of aliphatic hydroxyl groups is 1. The van der Waals surface area contributed by atoms with Crippen molar-refractivity contribution < 1.29 is 32.6 Å². The minimum atomic E-state index is -4.84. The number of alkyl halides is 3. The third-order valence-electron chi connectivity index (χ3n) is 5.06. The third-order valence-corrected chi connectivity index (χ3v) is 5.29. The molecule has 1 aromatic heterocycles. The van der Waals surface area contributed by atoms with Gasteiger partial charge in [0.2, 0.25) is 0 Å². The Morgan fingerprint density at radius 3 is 2.33 bits per heavy atom. The van der Waals surface area contributed by atoms with Crippen molar-refractivity contribution in [2.75, 3.05) is 6.54 Å². The Hall–Kier alpha value is -3.01. The van der Waals surface area contributed by atoms with Crippen LogP contribution in [0.3, 0.4) is 0 Å². The number of nitrogens with one attached hydrogen (secondary N) is 1. The Balaban J connectivity index is 2.27. The average Bonchev–Trinajstić information content (AvgIpc) is 2.76. The number of aliphatic carboxylic acids is 1. The smallest absolute Gasteiger partial charge is 0.416 e. The van der Waals surface area contributed by atoms with E-state index in [2.05, 4.69) is 10.3 Å². The van der Waals surface area contributed by atoms with E-state index in [-0.39, 0.29) is 22.7 Å². The first-order valence-electron chi connectivity index (χ1n) is 9.69. The maximum absolute atomic E-state index is 14.4. The van der Waals surface area contributed by atoms with Crippen LogP contribution in [-0.4, -0.2) is 28.7 Å². The highest BCUT2D eigenvalue weighted by Gasteiger charge is 2.39. The van der Waals surface area contributed by atoms with Crippen LogP contribution in [0.2, 0.25) is 5.02 Å². The average molecular weight is 482 g/mol. The van der Waals surface area contributed by atoms with Crippen molar-refractivity contribution in [1.82, 2.24) is 10.3 Å². The van der Waals surface area contributed by atoms with Crippen LogP contribution < -0.4 is 10.4 Å². The molecule has 10 heteroatoms. The van der Waals surface area contributed by atoms with Gasteiger partial charge in [-0.05, 0) is 41.5 Å². The molecule has 174 valence electrons. The van der Waals surface area contributed by atoms with Crippen molar-refractivity contribution in [1.29, 1.82) is 0 Å². The lowest BCUT2D eigenvalue weighted by molar-refractivity contribution is -0.314. The van der Waals surface area contributed by atoms with Crippen molar-refractivity contribution in [3.05, 3.63) is 100 Å². The fraction of sp³-hybridized carbons (Fsp3) is 0.217. The van der Waals surface area contributed by atoms with E-state index < -0.39 is 41.7 Å². The van der Waals surface area contributed by atoms with Gasteiger partial charge in [0.15, 0.2) is 0 Å². The first-order valence-corrected chi connectivity index (χ1v) is 10.1. The molecule has 0 saturated heterocycles. The molecule has 0 spiro atoms. The van der Waals surface area contributed by atoms with E-state index in [0.29, 0.717) is 11.6 Å². The maximum atomic E-state index is 14.4. The normalized spacial score (nSPS) is 14.5. The van der Waals surface area contributed by atoms with Gasteiger partial charge in [-0.15, -0.1) is 0 Å². The molecule has 0 fully saturated rings. The van der Waals surface area contributed by atoms with Crippen LogP contribution in [0.5, 0.6) is 0 Å². The number of nitrogens with zero attached hydrogens (tertiary/aromatic N) is 1.